The van der Waals surface area contributed by atoms with Crippen molar-refractivity contribution in [3.8, 4) is 11.1 Å². The van der Waals surface area contributed by atoms with Crippen LogP contribution in [0, 0.1) is 0 Å². The molecule has 0 radical (unpaired) electrons. The first kappa shape index (κ1) is 19.8. The lowest BCUT2D eigenvalue weighted by atomic mass is 9.98. The molecule has 0 amide bonds. The van der Waals surface area contributed by atoms with E-state index in [9.17, 15) is 4.79 Å². The van der Waals surface area contributed by atoms with Crippen LogP contribution in [0.5, 0.6) is 0 Å². The fourth-order valence-corrected chi connectivity index (χ4v) is 3.41. The number of aromatic nitrogens is 2. The van der Waals surface area contributed by atoms with Crippen LogP contribution < -0.4 is 5.73 Å². The van der Waals surface area contributed by atoms with Gasteiger partial charge in [-0.25, -0.2) is 4.98 Å². The largest absolute Gasteiger partial charge is 0.348 e. The van der Waals surface area contributed by atoms with E-state index >= 15 is 0 Å². The summed E-state index contributed by atoms with van der Waals surface area (Å²) in [5.41, 5.74) is 11.6. The van der Waals surface area contributed by atoms with Gasteiger partial charge in [0, 0.05) is 24.7 Å². The van der Waals surface area contributed by atoms with Crippen LogP contribution in [-0.2, 0) is 24.1 Å². The molecule has 1 atom stereocenters. The van der Waals surface area contributed by atoms with E-state index in [0.29, 0.717) is 12.8 Å². The summed E-state index contributed by atoms with van der Waals surface area (Å²) >= 11 is 2.41. The number of hydrogen-bond acceptors (Lipinski definition) is 3. The highest BCUT2D eigenvalue weighted by atomic mass is 127. The summed E-state index contributed by atoms with van der Waals surface area (Å²) in [6, 6.07) is 16.4. The number of benzene rings is 2. The summed E-state index contributed by atoms with van der Waals surface area (Å²) in [4.78, 5) is 19.3. The van der Waals surface area contributed by atoms with Gasteiger partial charge in [-0.05, 0) is 39.5 Å². The van der Waals surface area contributed by atoms with Crippen LogP contribution in [0.25, 0.3) is 11.1 Å². The minimum atomic E-state index is -0.514. The van der Waals surface area contributed by atoms with Gasteiger partial charge < -0.3 is 10.7 Å². The van der Waals surface area contributed by atoms with Gasteiger partial charge in [0.25, 0.3) is 0 Å². The third-order valence-corrected chi connectivity index (χ3v) is 5.39. The van der Waals surface area contributed by atoms with Gasteiger partial charge in [0.15, 0.2) is 5.78 Å². The molecule has 0 aliphatic rings. The number of nitrogens with zero attached hydrogens (tertiary/aromatic N) is 1. The third-order valence-electron chi connectivity index (χ3n) is 4.63. The normalized spacial score (nSPS) is 12.1. The van der Waals surface area contributed by atoms with Crippen LogP contribution in [0.4, 0.5) is 0 Å². The Bertz CT molecular complexity index is 842. The molecule has 2 aromatic carbocycles. The van der Waals surface area contributed by atoms with E-state index < -0.39 is 6.04 Å². The molecule has 140 valence electrons. The Morgan fingerprint density at radius 1 is 1.04 bits per heavy atom. The Balaban J connectivity index is 1.58. The van der Waals surface area contributed by atoms with Gasteiger partial charge in [-0.1, -0.05) is 71.1 Å². The van der Waals surface area contributed by atoms with E-state index in [4.69, 9.17) is 5.73 Å². The zero-order valence-electron chi connectivity index (χ0n) is 15.2. The fraction of sp³-hybridized carbons (Fsp3) is 0.273. The van der Waals surface area contributed by atoms with Crippen LogP contribution >= 0.6 is 22.6 Å². The lowest BCUT2D eigenvalue weighted by molar-refractivity contribution is -0.119. The summed E-state index contributed by atoms with van der Waals surface area (Å²) < 4.78 is 1.19. The number of nitrogens with two attached hydrogens (primary N) is 1. The Morgan fingerprint density at radius 3 is 2.22 bits per heavy atom. The average molecular weight is 473 g/mol. The molecule has 5 heteroatoms. The van der Waals surface area contributed by atoms with Crippen molar-refractivity contribution in [3.63, 3.8) is 0 Å². The van der Waals surface area contributed by atoms with E-state index in [1.54, 1.807) is 12.5 Å². The molecule has 0 saturated carbocycles. The molecule has 0 aliphatic carbocycles. The summed E-state index contributed by atoms with van der Waals surface area (Å²) in [6.07, 6.45) is 6.48. The second-order valence-corrected chi connectivity index (χ2v) is 7.80. The van der Waals surface area contributed by atoms with Gasteiger partial charge in [0.05, 0.1) is 12.4 Å². The molecule has 0 fully saturated rings. The Kier molecular flexibility index (Phi) is 7.18. The highest BCUT2D eigenvalue weighted by molar-refractivity contribution is 14.1. The SMILES string of the molecule is N[C@@H](Cc1cnc[nH]1)C(=O)Cc1ccc(-c2ccc(CCCI)cc2)cc1. The lowest BCUT2D eigenvalue weighted by Crippen LogP contribution is -2.34. The van der Waals surface area contributed by atoms with Gasteiger partial charge in [-0.2, -0.15) is 0 Å². The highest BCUT2D eigenvalue weighted by Gasteiger charge is 2.15. The molecule has 0 saturated heterocycles. The van der Waals surface area contributed by atoms with E-state index in [2.05, 4.69) is 69.0 Å². The molecule has 0 aliphatic heterocycles. The van der Waals surface area contributed by atoms with Crippen molar-refractivity contribution in [2.75, 3.05) is 4.43 Å². The summed E-state index contributed by atoms with van der Waals surface area (Å²) in [5.74, 6) is 0.0389. The van der Waals surface area contributed by atoms with Crippen molar-refractivity contribution in [1.29, 1.82) is 0 Å². The molecule has 3 aromatic rings. The number of nitrogens with one attached hydrogen (secondary N) is 1. The van der Waals surface area contributed by atoms with Crippen molar-refractivity contribution in [3.05, 3.63) is 77.9 Å². The maximum Gasteiger partial charge on any atom is 0.154 e. The quantitative estimate of drug-likeness (QED) is 0.363. The minimum Gasteiger partial charge on any atom is -0.348 e. The van der Waals surface area contributed by atoms with Crippen molar-refractivity contribution in [2.24, 2.45) is 5.73 Å². The van der Waals surface area contributed by atoms with Crippen molar-refractivity contribution in [2.45, 2.75) is 31.7 Å². The molecule has 3 N–H and O–H groups in total. The van der Waals surface area contributed by atoms with E-state index in [0.717, 1.165) is 23.2 Å². The molecule has 0 bridgehead atoms. The summed E-state index contributed by atoms with van der Waals surface area (Å²) in [7, 11) is 0. The first-order valence-corrected chi connectivity index (χ1v) is 10.7. The second kappa shape index (κ2) is 9.80. The first-order valence-electron chi connectivity index (χ1n) is 9.15. The van der Waals surface area contributed by atoms with E-state index in [1.807, 2.05) is 12.1 Å². The summed E-state index contributed by atoms with van der Waals surface area (Å²) in [6.45, 7) is 0. The number of hydrogen-bond donors (Lipinski definition) is 2. The number of alkyl halides is 1. The van der Waals surface area contributed by atoms with Crippen LogP contribution in [0.3, 0.4) is 0 Å². The van der Waals surface area contributed by atoms with Crippen LogP contribution in [-0.4, -0.2) is 26.2 Å². The number of carbonyl (C=O) groups is 1. The number of halogens is 1. The highest BCUT2D eigenvalue weighted by Crippen LogP contribution is 2.21. The lowest BCUT2D eigenvalue weighted by Gasteiger charge is -2.10. The smallest absolute Gasteiger partial charge is 0.154 e. The molecule has 3 rings (SSSR count). The predicted octanol–water partition coefficient (Wildman–Crippen LogP) is 4.13. The molecule has 0 unspecified atom stereocenters. The average Bonchev–Trinajstić information content (AvgIpc) is 3.20. The number of imidazole rings is 1. The Morgan fingerprint density at radius 2 is 1.67 bits per heavy atom. The molecule has 0 spiro atoms. The summed E-state index contributed by atoms with van der Waals surface area (Å²) in [5, 5.41) is 0. The second-order valence-electron chi connectivity index (χ2n) is 6.72. The Hall–Kier alpha value is -1.99. The number of H-pyrrole nitrogens is 1. The maximum absolute atomic E-state index is 12.4. The van der Waals surface area contributed by atoms with Crippen LogP contribution in [0.2, 0.25) is 0 Å². The standard InChI is InChI=1S/C22H24IN3O/c23-11-1-2-16-3-7-18(8-4-16)19-9-5-17(6-10-19)12-22(27)21(24)13-20-14-25-15-26-20/h3-10,14-15,21H,1-2,11-13,24H2,(H,25,26)/t21-/m0/s1. The fourth-order valence-electron chi connectivity index (χ4n) is 3.03. The zero-order chi connectivity index (χ0) is 19.1. The maximum atomic E-state index is 12.4. The van der Waals surface area contributed by atoms with Crippen molar-refractivity contribution >= 4 is 28.4 Å². The molecule has 1 aromatic heterocycles. The zero-order valence-corrected chi connectivity index (χ0v) is 17.4. The van der Waals surface area contributed by atoms with E-state index in [1.165, 1.54) is 22.0 Å². The molecule has 27 heavy (non-hydrogen) atoms. The van der Waals surface area contributed by atoms with Crippen LogP contribution in [0.1, 0.15) is 23.2 Å². The van der Waals surface area contributed by atoms with Crippen molar-refractivity contribution < 1.29 is 4.79 Å². The van der Waals surface area contributed by atoms with Crippen LogP contribution in [0.15, 0.2) is 61.1 Å². The monoisotopic (exact) mass is 473 g/mol. The van der Waals surface area contributed by atoms with Gasteiger partial charge in [0.1, 0.15) is 0 Å². The van der Waals surface area contributed by atoms with E-state index in [-0.39, 0.29) is 5.78 Å². The molecule has 1 heterocycles. The van der Waals surface area contributed by atoms with Gasteiger partial charge in [-0.15, -0.1) is 0 Å². The number of aromatic amines is 1. The number of ketones is 1. The molecular weight excluding hydrogens is 449 g/mol. The number of carbonyl (C=O) groups excluding carboxylic acids is 1. The first-order chi connectivity index (χ1) is 13.2. The number of Topliss-reactive ketones (excluding diaryl/α,β-unsaturated/α-hetero) is 1. The number of rotatable bonds is 9. The minimum absolute atomic E-state index is 0.0389. The predicted molar refractivity (Wildman–Crippen MR) is 118 cm³/mol. The third kappa shape index (κ3) is 5.74. The van der Waals surface area contributed by atoms with Gasteiger partial charge >= 0.3 is 0 Å². The number of aryl methyl sites for hydroxylation is 1. The van der Waals surface area contributed by atoms with Gasteiger partial charge in [-0.3, -0.25) is 4.79 Å². The van der Waals surface area contributed by atoms with Crippen molar-refractivity contribution in [1.82, 2.24) is 9.97 Å². The topological polar surface area (TPSA) is 71.8 Å². The molecule has 4 nitrogen and oxygen atoms in total. The van der Waals surface area contributed by atoms with Gasteiger partial charge in [0.2, 0.25) is 0 Å². The Labute approximate surface area is 173 Å². The molecular formula is C22H24IN3O.